The largest absolute Gasteiger partial charge is 0.292 e. The summed E-state index contributed by atoms with van der Waals surface area (Å²) in [7, 11) is 0. The predicted octanol–water partition coefficient (Wildman–Crippen LogP) is 13.7. The number of fused-ring (bicyclic) bond motifs is 6. The standard InChI is InChI=1S/C52H33N3/c1-2-16-42(17-3-1)55-50-21-11-10-20-48(50)54-52(55)37-26-24-36(25-27-37)45-32-47-46(40-28-22-34-12-4-6-14-38(34)30-40)33-49(53-51(47)44-19-9-8-18-43(44)45)41-29-23-35-13-5-7-15-39(35)31-41/h1-33H. The Balaban J connectivity index is 1.12. The minimum Gasteiger partial charge on any atom is -0.292 e. The third kappa shape index (κ3) is 5.28. The van der Waals surface area contributed by atoms with Gasteiger partial charge in [0.2, 0.25) is 0 Å². The van der Waals surface area contributed by atoms with Crippen LogP contribution in [0.1, 0.15) is 0 Å². The molecule has 0 aliphatic heterocycles. The van der Waals surface area contributed by atoms with Gasteiger partial charge in [-0.1, -0.05) is 152 Å². The van der Waals surface area contributed by atoms with E-state index < -0.39 is 0 Å². The molecule has 0 fully saturated rings. The molecule has 2 aromatic heterocycles. The van der Waals surface area contributed by atoms with Gasteiger partial charge in [-0.05, 0) is 97.7 Å². The van der Waals surface area contributed by atoms with Crippen LogP contribution < -0.4 is 0 Å². The Morgan fingerprint density at radius 1 is 0.345 bits per heavy atom. The minimum absolute atomic E-state index is 0.923. The van der Waals surface area contributed by atoms with Crippen molar-refractivity contribution in [2.24, 2.45) is 0 Å². The van der Waals surface area contributed by atoms with Crippen LogP contribution >= 0.6 is 0 Å². The van der Waals surface area contributed by atoms with Crippen LogP contribution in [0, 0.1) is 0 Å². The number of rotatable bonds is 5. The zero-order valence-electron chi connectivity index (χ0n) is 29.9. The Kier molecular flexibility index (Phi) is 7.17. The molecule has 0 atom stereocenters. The van der Waals surface area contributed by atoms with E-state index >= 15 is 0 Å². The van der Waals surface area contributed by atoms with Gasteiger partial charge in [0.15, 0.2) is 0 Å². The fourth-order valence-corrected chi connectivity index (χ4v) is 8.24. The molecule has 55 heavy (non-hydrogen) atoms. The van der Waals surface area contributed by atoms with Gasteiger partial charge in [0.05, 0.1) is 22.2 Å². The first-order chi connectivity index (χ1) is 27.2. The van der Waals surface area contributed by atoms with Crippen LogP contribution in [0.25, 0.3) is 105 Å². The molecule has 0 amide bonds. The van der Waals surface area contributed by atoms with Crippen LogP contribution in [0.3, 0.4) is 0 Å². The molecular weight excluding hydrogens is 667 g/mol. The first kappa shape index (κ1) is 31.2. The molecule has 0 radical (unpaired) electrons. The van der Waals surface area contributed by atoms with Crippen molar-refractivity contribution < 1.29 is 0 Å². The monoisotopic (exact) mass is 699 g/mol. The first-order valence-corrected chi connectivity index (χ1v) is 18.7. The molecule has 2 heterocycles. The Morgan fingerprint density at radius 3 is 1.67 bits per heavy atom. The van der Waals surface area contributed by atoms with Crippen LogP contribution in [0.4, 0.5) is 0 Å². The van der Waals surface area contributed by atoms with Crippen molar-refractivity contribution in [3.63, 3.8) is 0 Å². The molecule has 3 nitrogen and oxygen atoms in total. The lowest BCUT2D eigenvalue weighted by atomic mass is 9.90. The molecule has 0 N–H and O–H groups in total. The Labute approximate surface area is 318 Å². The van der Waals surface area contributed by atoms with Crippen LogP contribution in [0.5, 0.6) is 0 Å². The molecule has 0 spiro atoms. The summed E-state index contributed by atoms with van der Waals surface area (Å²) in [6.07, 6.45) is 0. The van der Waals surface area contributed by atoms with E-state index in [0.29, 0.717) is 0 Å². The van der Waals surface area contributed by atoms with Gasteiger partial charge in [-0.3, -0.25) is 4.57 Å². The predicted molar refractivity (Wildman–Crippen MR) is 231 cm³/mol. The number of aromatic nitrogens is 3. The second-order valence-electron chi connectivity index (χ2n) is 14.2. The van der Waals surface area contributed by atoms with E-state index in [1.807, 2.05) is 6.07 Å². The fraction of sp³-hybridized carbons (Fsp3) is 0. The molecule has 0 aliphatic carbocycles. The second-order valence-corrected chi connectivity index (χ2v) is 14.2. The van der Waals surface area contributed by atoms with E-state index in [9.17, 15) is 0 Å². The van der Waals surface area contributed by atoms with Crippen molar-refractivity contribution in [2.45, 2.75) is 0 Å². The average Bonchev–Trinajstić information content (AvgIpc) is 3.65. The van der Waals surface area contributed by atoms with Gasteiger partial charge in [0.1, 0.15) is 5.82 Å². The Hall–Kier alpha value is -7.36. The molecule has 0 unspecified atom stereocenters. The molecule has 0 saturated carbocycles. The number of nitrogens with zero attached hydrogens (tertiary/aromatic N) is 3. The number of benzene rings is 9. The number of para-hydroxylation sites is 3. The van der Waals surface area contributed by atoms with Crippen LogP contribution in [0.15, 0.2) is 200 Å². The highest BCUT2D eigenvalue weighted by atomic mass is 15.1. The number of pyridine rings is 1. The van der Waals surface area contributed by atoms with Gasteiger partial charge in [-0.15, -0.1) is 0 Å². The smallest absolute Gasteiger partial charge is 0.145 e. The van der Waals surface area contributed by atoms with E-state index in [1.54, 1.807) is 0 Å². The lowest BCUT2D eigenvalue weighted by Gasteiger charge is -2.16. The van der Waals surface area contributed by atoms with Crippen molar-refractivity contribution >= 4 is 54.3 Å². The van der Waals surface area contributed by atoms with E-state index in [0.717, 1.165) is 61.2 Å². The number of hydrogen-bond acceptors (Lipinski definition) is 2. The topological polar surface area (TPSA) is 30.7 Å². The summed E-state index contributed by atoms with van der Waals surface area (Å²) in [6.45, 7) is 0. The highest BCUT2D eigenvalue weighted by Gasteiger charge is 2.18. The lowest BCUT2D eigenvalue weighted by molar-refractivity contribution is 1.10. The van der Waals surface area contributed by atoms with Crippen molar-refractivity contribution in [2.75, 3.05) is 0 Å². The molecule has 0 saturated heterocycles. The summed E-state index contributed by atoms with van der Waals surface area (Å²) in [5.41, 5.74) is 11.9. The minimum atomic E-state index is 0.923. The van der Waals surface area contributed by atoms with Gasteiger partial charge in [0, 0.05) is 27.6 Å². The molecule has 11 aromatic rings. The summed E-state index contributed by atoms with van der Waals surface area (Å²) in [5, 5.41) is 8.31. The molecule has 11 rings (SSSR count). The van der Waals surface area contributed by atoms with E-state index in [-0.39, 0.29) is 0 Å². The van der Waals surface area contributed by atoms with Gasteiger partial charge in [0.25, 0.3) is 0 Å². The Bertz CT molecular complexity index is 3250. The lowest BCUT2D eigenvalue weighted by Crippen LogP contribution is -1.97. The molecule has 9 aromatic carbocycles. The van der Waals surface area contributed by atoms with Crippen molar-refractivity contribution in [3.8, 4) is 50.6 Å². The maximum absolute atomic E-state index is 5.47. The highest BCUT2D eigenvalue weighted by molar-refractivity contribution is 6.16. The number of imidazole rings is 1. The Morgan fingerprint density at radius 2 is 0.909 bits per heavy atom. The highest BCUT2D eigenvalue weighted by Crippen LogP contribution is 2.41. The van der Waals surface area contributed by atoms with E-state index in [4.69, 9.17) is 9.97 Å². The zero-order chi connectivity index (χ0) is 36.3. The van der Waals surface area contributed by atoms with E-state index in [2.05, 4.69) is 199 Å². The van der Waals surface area contributed by atoms with E-state index in [1.165, 1.54) is 43.6 Å². The third-order valence-corrected chi connectivity index (χ3v) is 11.0. The molecular formula is C52H33N3. The van der Waals surface area contributed by atoms with Crippen LogP contribution in [-0.4, -0.2) is 14.5 Å². The van der Waals surface area contributed by atoms with Crippen LogP contribution in [-0.2, 0) is 0 Å². The SMILES string of the molecule is c1ccc(-n2c(-c3ccc(-c4cc5c(-c6ccc7ccccc7c6)cc(-c6ccc7ccccc7c6)nc5c5ccccc45)cc3)nc3ccccc32)cc1. The van der Waals surface area contributed by atoms with Gasteiger partial charge < -0.3 is 0 Å². The molecule has 256 valence electrons. The third-order valence-electron chi connectivity index (χ3n) is 11.0. The molecule has 0 bridgehead atoms. The normalized spacial score (nSPS) is 11.6. The summed E-state index contributed by atoms with van der Waals surface area (Å²) in [5.74, 6) is 0.923. The molecule has 3 heteroatoms. The van der Waals surface area contributed by atoms with Gasteiger partial charge >= 0.3 is 0 Å². The summed E-state index contributed by atoms with van der Waals surface area (Å²) in [4.78, 5) is 10.6. The molecule has 0 aliphatic rings. The summed E-state index contributed by atoms with van der Waals surface area (Å²) >= 11 is 0. The maximum atomic E-state index is 5.47. The maximum Gasteiger partial charge on any atom is 0.145 e. The number of hydrogen-bond donors (Lipinski definition) is 0. The van der Waals surface area contributed by atoms with Crippen molar-refractivity contribution in [1.29, 1.82) is 0 Å². The van der Waals surface area contributed by atoms with Crippen LogP contribution in [0.2, 0.25) is 0 Å². The van der Waals surface area contributed by atoms with Crippen molar-refractivity contribution in [1.82, 2.24) is 14.5 Å². The average molecular weight is 700 g/mol. The second kappa shape index (κ2) is 12.6. The fourth-order valence-electron chi connectivity index (χ4n) is 8.24. The van der Waals surface area contributed by atoms with Gasteiger partial charge in [-0.25, -0.2) is 9.97 Å². The summed E-state index contributed by atoms with van der Waals surface area (Å²) < 4.78 is 2.25. The first-order valence-electron chi connectivity index (χ1n) is 18.7. The quantitative estimate of drug-likeness (QED) is 0.167. The summed E-state index contributed by atoms with van der Waals surface area (Å²) in [6, 6.07) is 71.6. The van der Waals surface area contributed by atoms with Crippen molar-refractivity contribution in [3.05, 3.63) is 200 Å². The van der Waals surface area contributed by atoms with Gasteiger partial charge in [-0.2, -0.15) is 0 Å². The zero-order valence-corrected chi connectivity index (χ0v) is 29.9.